The van der Waals surface area contributed by atoms with Gasteiger partial charge >= 0.3 is 0 Å². The average molecular weight is 318 g/mol. The molecule has 0 spiro atoms. The SMILES string of the molecule is CCNC1CCC(O)(Cc2cc(Br)cs2)CC1. The molecule has 0 amide bonds. The van der Waals surface area contributed by atoms with E-state index in [9.17, 15) is 5.11 Å². The van der Waals surface area contributed by atoms with Crippen LogP contribution in [-0.2, 0) is 6.42 Å². The minimum Gasteiger partial charge on any atom is -0.390 e. The first kappa shape index (κ1) is 13.5. The number of thiophene rings is 1. The van der Waals surface area contributed by atoms with E-state index in [1.54, 1.807) is 11.3 Å². The van der Waals surface area contributed by atoms with Gasteiger partial charge in [-0.25, -0.2) is 0 Å². The van der Waals surface area contributed by atoms with Crippen LogP contribution < -0.4 is 5.32 Å². The van der Waals surface area contributed by atoms with Gasteiger partial charge in [-0.3, -0.25) is 0 Å². The van der Waals surface area contributed by atoms with Crippen LogP contribution in [-0.4, -0.2) is 23.3 Å². The molecule has 1 fully saturated rings. The zero-order valence-corrected chi connectivity index (χ0v) is 12.6. The zero-order valence-electron chi connectivity index (χ0n) is 10.2. The van der Waals surface area contributed by atoms with E-state index in [1.165, 1.54) is 4.88 Å². The second kappa shape index (κ2) is 5.83. The van der Waals surface area contributed by atoms with Crippen LogP contribution in [0.4, 0.5) is 0 Å². The maximum absolute atomic E-state index is 10.6. The third-order valence-electron chi connectivity index (χ3n) is 3.53. The number of aliphatic hydroxyl groups is 1. The van der Waals surface area contributed by atoms with E-state index >= 15 is 0 Å². The van der Waals surface area contributed by atoms with Gasteiger partial charge in [0.1, 0.15) is 0 Å². The summed E-state index contributed by atoms with van der Waals surface area (Å²) in [5.74, 6) is 0. The van der Waals surface area contributed by atoms with Gasteiger partial charge < -0.3 is 10.4 Å². The lowest BCUT2D eigenvalue weighted by molar-refractivity contribution is -0.00228. The Balaban J connectivity index is 1.89. The van der Waals surface area contributed by atoms with Gasteiger partial charge in [-0.15, -0.1) is 11.3 Å². The highest BCUT2D eigenvalue weighted by atomic mass is 79.9. The largest absolute Gasteiger partial charge is 0.390 e. The lowest BCUT2D eigenvalue weighted by atomic mass is 9.80. The van der Waals surface area contributed by atoms with Crippen molar-refractivity contribution in [3.63, 3.8) is 0 Å². The van der Waals surface area contributed by atoms with Crippen molar-refractivity contribution in [3.05, 3.63) is 20.8 Å². The summed E-state index contributed by atoms with van der Waals surface area (Å²) in [6.07, 6.45) is 4.83. The van der Waals surface area contributed by atoms with Crippen LogP contribution in [0.5, 0.6) is 0 Å². The van der Waals surface area contributed by atoms with Gasteiger partial charge in [0.15, 0.2) is 0 Å². The van der Waals surface area contributed by atoms with Crippen molar-refractivity contribution in [2.75, 3.05) is 6.54 Å². The highest BCUT2D eigenvalue weighted by Gasteiger charge is 2.33. The van der Waals surface area contributed by atoms with E-state index in [4.69, 9.17) is 0 Å². The lowest BCUT2D eigenvalue weighted by Crippen LogP contribution is -2.42. The first-order chi connectivity index (χ1) is 8.11. The molecule has 1 saturated carbocycles. The summed E-state index contributed by atoms with van der Waals surface area (Å²) in [5, 5.41) is 16.1. The Kier molecular flexibility index (Phi) is 4.64. The predicted molar refractivity (Wildman–Crippen MR) is 76.6 cm³/mol. The molecule has 0 bridgehead atoms. The highest BCUT2D eigenvalue weighted by Crippen LogP contribution is 2.33. The van der Waals surface area contributed by atoms with Gasteiger partial charge in [0.25, 0.3) is 0 Å². The van der Waals surface area contributed by atoms with Crippen LogP contribution in [0, 0.1) is 0 Å². The summed E-state index contributed by atoms with van der Waals surface area (Å²) in [6.45, 7) is 3.17. The third-order valence-corrected chi connectivity index (χ3v) is 5.23. The molecule has 2 rings (SSSR count). The molecular weight excluding hydrogens is 298 g/mol. The van der Waals surface area contributed by atoms with E-state index < -0.39 is 5.60 Å². The third kappa shape index (κ3) is 3.78. The molecular formula is C13H20BrNOS. The standard InChI is InChI=1S/C13H20BrNOS/c1-2-15-11-3-5-13(16,6-4-11)8-12-7-10(14)9-17-12/h7,9,11,15-16H,2-6,8H2,1H3. The molecule has 0 aliphatic heterocycles. The van der Waals surface area contributed by atoms with Crippen LogP contribution in [0.25, 0.3) is 0 Å². The second-order valence-corrected chi connectivity index (χ2v) is 6.88. The van der Waals surface area contributed by atoms with Crippen molar-refractivity contribution in [3.8, 4) is 0 Å². The van der Waals surface area contributed by atoms with Crippen LogP contribution >= 0.6 is 27.3 Å². The van der Waals surface area contributed by atoms with Crippen LogP contribution in [0.1, 0.15) is 37.5 Å². The average Bonchev–Trinajstić information content (AvgIpc) is 2.68. The van der Waals surface area contributed by atoms with Crippen molar-refractivity contribution in [1.82, 2.24) is 5.32 Å². The molecule has 17 heavy (non-hydrogen) atoms. The van der Waals surface area contributed by atoms with Gasteiger partial charge in [-0.05, 0) is 54.2 Å². The van der Waals surface area contributed by atoms with Crippen molar-refractivity contribution >= 4 is 27.3 Å². The molecule has 0 unspecified atom stereocenters. The van der Waals surface area contributed by atoms with Gasteiger partial charge in [0.05, 0.1) is 5.60 Å². The molecule has 1 aliphatic rings. The fourth-order valence-electron chi connectivity index (χ4n) is 2.60. The maximum atomic E-state index is 10.6. The van der Waals surface area contributed by atoms with Crippen molar-refractivity contribution in [2.45, 2.75) is 50.7 Å². The molecule has 96 valence electrons. The van der Waals surface area contributed by atoms with Crippen molar-refractivity contribution in [2.24, 2.45) is 0 Å². The molecule has 4 heteroatoms. The lowest BCUT2D eigenvalue weighted by Gasteiger charge is -2.36. The van der Waals surface area contributed by atoms with E-state index in [2.05, 4.69) is 39.6 Å². The van der Waals surface area contributed by atoms with Crippen molar-refractivity contribution in [1.29, 1.82) is 0 Å². The molecule has 1 aliphatic carbocycles. The Labute approximate surface area is 116 Å². The topological polar surface area (TPSA) is 32.3 Å². The molecule has 0 saturated heterocycles. The summed E-state index contributed by atoms with van der Waals surface area (Å²) in [4.78, 5) is 1.28. The summed E-state index contributed by atoms with van der Waals surface area (Å²) in [7, 11) is 0. The fraction of sp³-hybridized carbons (Fsp3) is 0.692. The summed E-state index contributed by atoms with van der Waals surface area (Å²) in [6, 6.07) is 2.73. The Hall–Kier alpha value is 0.1000. The molecule has 2 N–H and O–H groups in total. The van der Waals surface area contributed by atoms with Crippen LogP contribution in [0.3, 0.4) is 0 Å². The van der Waals surface area contributed by atoms with Crippen LogP contribution in [0.2, 0.25) is 0 Å². The second-order valence-electron chi connectivity index (χ2n) is 4.96. The molecule has 2 nitrogen and oxygen atoms in total. The molecule has 1 aromatic heterocycles. The number of hydrogen-bond acceptors (Lipinski definition) is 3. The minimum atomic E-state index is -0.476. The van der Waals surface area contributed by atoms with E-state index in [-0.39, 0.29) is 0 Å². The summed E-state index contributed by atoms with van der Waals surface area (Å²) >= 11 is 5.19. The van der Waals surface area contributed by atoms with E-state index in [0.29, 0.717) is 6.04 Å². The van der Waals surface area contributed by atoms with Gasteiger partial charge in [0.2, 0.25) is 0 Å². The number of halogens is 1. The Morgan fingerprint density at radius 2 is 2.24 bits per heavy atom. The molecule has 1 heterocycles. The number of nitrogens with one attached hydrogen (secondary N) is 1. The van der Waals surface area contributed by atoms with E-state index in [0.717, 1.165) is 43.1 Å². The number of rotatable bonds is 4. The maximum Gasteiger partial charge on any atom is 0.0697 e. The molecule has 0 aromatic carbocycles. The fourth-order valence-corrected chi connectivity index (χ4v) is 4.18. The Morgan fingerprint density at radius 1 is 1.53 bits per heavy atom. The quantitative estimate of drug-likeness (QED) is 0.892. The summed E-state index contributed by atoms with van der Waals surface area (Å²) < 4.78 is 1.13. The first-order valence-electron chi connectivity index (χ1n) is 6.30. The Bertz CT molecular complexity index is 358. The zero-order chi connectivity index (χ0) is 12.3. The first-order valence-corrected chi connectivity index (χ1v) is 7.97. The van der Waals surface area contributed by atoms with E-state index in [1.807, 2.05) is 0 Å². The number of hydrogen-bond donors (Lipinski definition) is 2. The van der Waals surface area contributed by atoms with Gasteiger partial charge in [-0.1, -0.05) is 6.92 Å². The Morgan fingerprint density at radius 3 is 2.76 bits per heavy atom. The molecule has 0 radical (unpaired) electrons. The molecule has 0 atom stereocenters. The van der Waals surface area contributed by atoms with Gasteiger partial charge in [-0.2, -0.15) is 0 Å². The predicted octanol–water partition coefficient (Wildman–Crippen LogP) is 3.34. The minimum absolute atomic E-state index is 0.476. The normalized spacial score (nSPS) is 29.5. The monoisotopic (exact) mass is 317 g/mol. The highest BCUT2D eigenvalue weighted by molar-refractivity contribution is 9.10. The van der Waals surface area contributed by atoms with Crippen LogP contribution in [0.15, 0.2) is 15.9 Å². The smallest absolute Gasteiger partial charge is 0.0697 e. The van der Waals surface area contributed by atoms with Gasteiger partial charge in [0, 0.05) is 27.2 Å². The summed E-state index contributed by atoms with van der Waals surface area (Å²) in [5.41, 5.74) is -0.476. The molecule has 1 aromatic rings. The van der Waals surface area contributed by atoms with Crippen molar-refractivity contribution < 1.29 is 5.11 Å².